The van der Waals surface area contributed by atoms with Crippen LogP contribution in [0.4, 0.5) is 17.2 Å². The summed E-state index contributed by atoms with van der Waals surface area (Å²) >= 11 is 0. The zero-order valence-corrected chi connectivity index (χ0v) is 22.0. The summed E-state index contributed by atoms with van der Waals surface area (Å²) in [5.41, 5.74) is 10.1. The van der Waals surface area contributed by atoms with Gasteiger partial charge in [0.1, 0.15) is 24.0 Å². The lowest BCUT2D eigenvalue weighted by Gasteiger charge is -2.31. The van der Waals surface area contributed by atoms with Crippen molar-refractivity contribution >= 4 is 34.0 Å². The van der Waals surface area contributed by atoms with Gasteiger partial charge in [-0.2, -0.15) is 0 Å². The SMILES string of the molecule is C=CC(=O)N1CCC(Oc2cc3c(Nc4cc(-c5cccc(N)c5)ccc4OC)ncnc3cc2OC)CC1. The summed E-state index contributed by atoms with van der Waals surface area (Å²) in [6, 6.07) is 17.4. The monoisotopic (exact) mass is 525 g/mol. The normalized spacial score (nSPS) is 13.6. The van der Waals surface area contributed by atoms with Crippen molar-refractivity contribution in [2.75, 3.05) is 38.4 Å². The van der Waals surface area contributed by atoms with Crippen molar-refractivity contribution in [1.82, 2.24) is 14.9 Å². The molecule has 2 heterocycles. The van der Waals surface area contributed by atoms with Crippen LogP contribution in [0.15, 0.2) is 73.6 Å². The quantitative estimate of drug-likeness (QED) is 0.239. The van der Waals surface area contributed by atoms with E-state index in [9.17, 15) is 4.79 Å². The molecular formula is C30H31N5O4. The van der Waals surface area contributed by atoms with Crippen molar-refractivity contribution in [1.29, 1.82) is 0 Å². The number of nitrogen functional groups attached to an aromatic ring is 1. The van der Waals surface area contributed by atoms with Crippen molar-refractivity contribution < 1.29 is 19.0 Å². The van der Waals surface area contributed by atoms with Crippen molar-refractivity contribution in [2.24, 2.45) is 0 Å². The lowest BCUT2D eigenvalue weighted by atomic mass is 10.0. The second-order valence-electron chi connectivity index (χ2n) is 9.25. The van der Waals surface area contributed by atoms with Gasteiger partial charge in [0.05, 0.1) is 25.4 Å². The number of nitrogens with one attached hydrogen (secondary N) is 1. The van der Waals surface area contributed by atoms with Crippen LogP contribution in [0.3, 0.4) is 0 Å². The maximum absolute atomic E-state index is 11.9. The van der Waals surface area contributed by atoms with Crippen LogP contribution in [-0.4, -0.2) is 54.2 Å². The average Bonchev–Trinajstić information content (AvgIpc) is 2.97. The van der Waals surface area contributed by atoms with Crippen LogP contribution < -0.4 is 25.3 Å². The molecular weight excluding hydrogens is 494 g/mol. The molecule has 0 bridgehead atoms. The standard InChI is InChI=1S/C30H31N5O4/c1-4-29(36)35-12-10-22(11-13-35)39-28-16-23-24(17-27(28)38-3)32-18-33-30(23)34-25-15-20(8-9-26(25)37-2)19-6-5-7-21(31)14-19/h4-9,14-18,22H,1,10-13,31H2,2-3H3,(H,32,33,34). The number of ether oxygens (including phenoxy) is 3. The van der Waals surface area contributed by atoms with Crippen LogP contribution in [0.2, 0.25) is 0 Å². The Morgan fingerprint density at radius 3 is 2.49 bits per heavy atom. The molecule has 0 unspecified atom stereocenters. The third kappa shape index (κ3) is 5.57. The first-order valence-electron chi connectivity index (χ1n) is 12.7. The number of benzene rings is 3. The summed E-state index contributed by atoms with van der Waals surface area (Å²) in [6.45, 7) is 4.81. The molecule has 1 aliphatic heterocycles. The van der Waals surface area contributed by atoms with Gasteiger partial charge < -0.3 is 30.2 Å². The van der Waals surface area contributed by atoms with Crippen LogP contribution in [-0.2, 0) is 4.79 Å². The minimum Gasteiger partial charge on any atom is -0.495 e. The summed E-state index contributed by atoms with van der Waals surface area (Å²) < 4.78 is 17.6. The van der Waals surface area contributed by atoms with E-state index in [4.69, 9.17) is 19.9 Å². The Morgan fingerprint density at radius 1 is 1.00 bits per heavy atom. The Bertz CT molecular complexity index is 1520. The highest BCUT2D eigenvalue weighted by atomic mass is 16.5. The van der Waals surface area contributed by atoms with E-state index in [1.54, 1.807) is 19.1 Å². The largest absolute Gasteiger partial charge is 0.495 e. The van der Waals surface area contributed by atoms with Crippen molar-refractivity contribution in [3.63, 3.8) is 0 Å². The summed E-state index contributed by atoms with van der Waals surface area (Å²) in [7, 11) is 3.23. The molecule has 1 fully saturated rings. The Kier molecular flexibility index (Phi) is 7.49. The molecule has 0 saturated carbocycles. The first kappa shape index (κ1) is 25.8. The topological polar surface area (TPSA) is 112 Å². The van der Waals surface area contributed by atoms with E-state index in [-0.39, 0.29) is 12.0 Å². The summed E-state index contributed by atoms with van der Waals surface area (Å²) in [5.74, 6) is 2.39. The molecule has 1 saturated heterocycles. The zero-order chi connectivity index (χ0) is 27.4. The fourth-order valence-electron chi connectivity index (χ4n) is 4.75. The number of hydrogen-bond acceptors (Lipinski definition) is 8. The third-order valence-electron chi connectivity index (χ3n) is 6.82. The van der Waals surface area contributed by atoms with Gasteiger partial charge in [-0.25, -0.2) is 9.97 Å². The Labute approximate surface area is 227 Å². The van der Waals surface area contributed by atoms with E-state index in [1.165, 1.54) is 12.4 Å². The fourth-order valence-corrected chi connectivity index (χ4v) is 4.75. The minimum absolute atomic E-state index is 0.0543. The number of methoxy groups -OCH3 is 2. The third-order valence-corrected chi connectivity index (χ3v) is 6.82. The molecule has 3 aromatic carbocycles. The first-order valence-corrected chi connectivity index (χ1v) is 12.7. The number of piperidine rings is 1. The number of aromatic nitrogens is 2. The molecule has 1 amide bonds. The lowest BCUT2D eigenvalue weighted by molar-refractivity contribution is -0.127. The highest BCUT2D eigenvalue weighted by Gasteiger charge is 2.24. The van der Waals surface area contributed by atoms with Gasteiger partial charge in [-0.3, -0.25) is 4.79 Å². The van der Waals surface area contributed by atoms with E-state index in [0.717, 1.165) is 22.2 Å². The van der Waals surface area contributed by atoms with Crippen LogP contribution in [0, 0.1) is 0 Å². The Morgan fingerprint density at radius 2 is 1.77 bits per heavy atom. The maximum atomic E-state index is 11.9. The highest BCUT2D eigenvalue weighted by Crippen LogP contribution is 2.38. The van der Waals surface area contributed by atoms with Gasteiger partial charge in [0.25, 0.3) is 0 Å². The van der Waals surface area contributed by atoms with E-state index in [0.29, 0.717) is 60.2 Å². The number of carbonyl (C=O) groups excluding carboxylic acids is 1. The summed E-state index contributed by atoms with van der Waals surface area (Å²) in [6.07, 6.45) is 4.23. The molecule has 9 nitrogen and oxygen atoms in total. The molecule has 0 aliphatic carbocycles. The second-order valence-corrected chi connectivity index (χ2v) is 9.25. The van der Waals surface area contributed by atoms with E-state index in [1.807, 2.05) is 54.6 Å². The molecule has 1 aromatic heterocycles. The molecule has 0 atom stereocenters. The van der Waals surface area contributed by atoms with Gasteiger partial charge in [-0.15, -0.1) is 0 Å². The minimum atomic E-state index is -0.0557. The number of hydrogen-bond donors (Lipinski definition) is 2. The van der Waals surface area contributed by atoms with Gasteiger partial charge in [-0.05, 0) is 47.5 Å². The number of rotatable bonds is 8. The second kappa shape index (κ2) is 11.3. The van der Waals surface area contributed by atoms with Gasteiger partial charge in [-0.1, -0.05) is 24.8 Å². The lowest BCUT2D eigenvalue weighted by Crippen LogP contribution is -2.41. The highest BCUT2D eigenvalue weighted by molar-refractivity contribution is 5.94. The van der Waals surface area contributed by atoms with Crippen LogP contribution in [0.1, 0.15) is 12.8 Å². The number of nitrogens with zero attached hydrogens (tertiary/aromatic N) is 3. The molecule has 3 N–H and O–H groups in total. The van der Waals surface area contributed by atoms with E-state index in [2.05, 4.69) is 21.9 Å². The average molecular weight is 526 g/mol. The van der Waals surface area contributed by atoms with Gasteiger partial charge in [0.2, 0.25) is 5.91 Å². The Hall–Kier alpha value is -4.79. The van der Waals surface area contributed by atoms with Crippen molar-refractivity contribution in [3.8, 4) is 28.4 Å². The molecule has 200 valence electrons. The number of fused-ring (bicyclic) bond motifs is 1. The van der Waals surface area contributed by atoms with Gasteiger partial charge in [0.15, 0.2) is 11.5 Å². The van der Waals surface area contributed by atoms with Gasteiger partial charge in [0, 0.05) is 43.1 Å². The number of likely N-dealkylation sites (tertiary alicyclic amines) is 1. The summed E-state index contributed by atoms with van der Waals surface area (Å²) in [4.78, 5) is 22.7. The van der Waals surface area contributed by atoms with Gasteiger partial charge >= 0.3 is 0 Å². The van der Waals surface area contributed by atoms with Crippen LogP contribution in [0.5, 0.6) is 17.2 Å². The fraction of sp³-hybridized carbons (Fsp3) is 0.233. The first-order chi connectivity index (χ1) is 19.0. The van der Waals surface area contributed by atoms with Crippen molar-refractivity contribution in [3.05, 3.63) is 73.6 Å². The molecule has 4 aromatic rings. The number of amides is 1. The van der Waals surface area contributed by atoms with Crippen LogP contribution in [0.25, 0.3) is 22.0 Å². The maximum Gasteiger partial charge on any atom is 0.245 e. The number of anilines is 3. The molecule has 5 rings (SSSR count). The zero-order valence-electron chi connectivity index (χ0n) is 22.0. The molecule has 9 heteroatoms. The smallest absolute Gasteiger partial charge is 0.245 e. The van der Waals surface area contributed by atoms with Crippen LogP contribution >= 0.6 is 0 Å². The molecule has 0 spiro atoms. The molecule has 1 aliphatic rings. The molecule has 0 radical (unpaired) electrons. The molecule has 39 heavy (non-hydrogen) atoms. The number of carbonyl (C=O) groups is 1. The Balaban J connectivity index is 1.46. The number of nitrogens with two attached hydrogens (primary N) is 1. The predicted molar refractivity (Wildman–Crippen MR) is 153 cm³/mol. The van der Waals surface area contributed by atoms with E-state index < -0.39 is 0 Å². The van der Waals surface area contributed by atoms with E-state index >= 15 is 0 Å². The predicted octanol–water partition coefficient (Wildman–Crippen LogP) is 5.20. The summed E-state index contributed by atoms with van der Waals surface area (Å²) in [5, 5.41) is 4.19. The van der Waals surface area contributed by atoms with Crippen molar-refractivity contribution in [2.45, 2.75) is 18.9 Å².